The van der Waals surface area contributed by atoms with Crippen molar-refractivity contribution in [2.24, 2.45) is 5.92 Å². The van der Waals surface area contributed by atoms with Gasteiger partial charge < -0.3 is 19.9 Å². The molecule has 6 heteroatoms. The molecule has 2 fully saturated rings. The van der Waals surface area contributed by atoms with Crippen LogP contribution in [0.5, 0.6) is 11.5 Å². The predicted molar refractivity (Wildman–Crippen MR) is 90.5 cm³/mol. The summed E-state index contributed by atoms with van der Waals surface area (Å²) >= 11 is 1.96. The van der Waals surface area contributed by atoms with Gasteiger partial charge in [0.25, 0.3) is 0 Å². The summed E-state index contributed by atoms with van der Waals surface area (Å²) in [5.41, 5.74) is 1.01. The van der Waals surface area contributed by atoms with E-state index in [2.05, 4.69) is 5.32 Å². The van der Waals surface area contributed by atoms with Gasteiger partial charge in [0.05, 0.1) is 13.0 Å². The second-order valence-corrected chi connectivity index (χ2v) is 7.26. The number of hydrogen-bond donors (Lipinski definition) is 2. The van der Waals surface area contributed by atoms with Crippen molar-refractivity contribution in [3.8, 4) is 11.5 Å². The van der Waals surface area contributed by atoms with Crippen molar-refractivity contribution in [3.63, 3.8) is 0 Å². The number of aliphatic carboxylic acids is 1. The minimum absolute atomic E-state index is 0.000773. The lowest BCUT2D eigenvalue weighted by Crippen LogP contribution is -2.24. The lowest BCUT2D eigenvalue weighted by atomic mass is 9.99. The highest BCUT2D eigenvalue weighted by atomic mass is 32.2. The van der Waals surface area contributed by atoms with Crippen LogP contribution in [0.2, 0.25) is 0 Å². The summed E-state index contributed by atoms with van der Waals surface area (Å²) in [6.07, 6.45) is 2.87. The Morgan fingerprint density at radius 2 is 2.13 bits per heavy atom. The molecule has 1 aromatic carbocycles. The largest absolute Gasteiger partial charge is 0.493 e. The van der Waals surface area contributed by atoms with Crippen molar-refractivity contribution in [2.75, 3.05) is 25.2 Å². The quantitative estimate of drug-likeness (QED) is 0.861. The third-order valence-corrected chi connectivity index (χ3v) is 5.59. The van der Waals surface area contributed by atoms with Crippen LogP contribution in [0, 0.1) is 5.92 Å². The number of carboxylic acids is 1. The third kappa shape index (κ3) is 3.75. The third-order valence-electron chi connectivity index (χ3n) is 4.54. The molecule has 0 aromatic heterocycles. The van der Waals surface area contributed by atoms with Gasteiger partial charge in [0.2, 0.25) is 0 Å². The number of rotatable bonds is 5. The number of nitrogens with one attached hydrogen (secondary N) is 1. The number of para-hydroxylation sites is 1. The van der Waals surface area contributed by atoms with Gasteiger partial charge in [-0.05, 0) is 36.8 Å². The van der Waals surface area contributed by atoms with Gasteiger partial charge in [-0.1, -0.05) is 12.1 Å². The Bertz CT molecular complexity index is 560. The van der Waals surface area contributed by atoms with Crippen LogP contribution in [0.3, 0.4) is 0 Å². The Morgan fingerprint density at radius 3 is 2.78 bits per heavy atom. The average Bonchev–Trinajstić information content (AvgIpc) is 3.06. The van der Waals surface area contributed by atoms with Crippen molar-refractivity contribution in [1.82, 2.24) is 5.32 Å². The lowest BCUT2D eigenvalue weighted by molar-refractivity contribution is -0.141. The molecule has 126 valence electrons. The SMILES string of the molecule is COc1cccc(C2CC(C(=O)O)CN2)c1OC1CCSCC1. The Kier molecular flexibility index (Phi) is 5.33. The van der Waals surface area contributed by atoms with E-state index in [1.54, 1.807) is 7.11 Å². The first kappa shape index (κ1) is 16.5. The molecular weight excluding hydrogens is 314 g/mol. The summed E-state index contributed by atoms with van der Waals surface area (Å²) in [5.74, 6) is 2.66. The molecule has 2 unspecified atom stereocenters. The van der Waals surface area contributed by atoms with E-state index in [4.69, 9.17) is 9.47 Å². The molecule has 1 aromatic rings. The number of methoxy groups -OCH3 is 1. The summed E-state index contributed by atoms with van der Waals surface area (Å²) in [5, 5.41) is 12.5. The zero-order valence-corrected chi connectivity index (χ0v) is 14.1. The molecule has 0 radical (unpaired) electrons. The number of thioether (sulfide) groups is 1. The lowest BCUT2D eigenvalue weighted by Gasteiger charge is -2.26. The summed E-state index contributed by atoms with van der Waals surface area (Å²) in [4.78, 5) is 11.2. The van der Waals surface area contributed by atoms with E-state index in [1.165, 1.54) is 0 Å². The summed E-state index contributed by atoms with van der Waals surface area (Å²) < 4.78 is 11.8. The first-order valence-electron chi connectivity index (χ1n) is 8.06. The number of hydrogen-bond acceptors (Lipinski definition) is 5. The van der Waals surface area contributed by atoms with Crippen LogP contribution in [0.1, 0.15) is 30.9 Å². The molecule has 0 saturated carbocycles. The summed E-state index contributed by atoms with van der Waals surface area (Å²) in [6, 6.07) is 5.85. The normalized spacial score (nSPS) is 25.3. The topological polar surface area (TPSA) is 67.8 Å². The zero-order chi connectivity index (χ0) is 16.2. The second-order valence-electron chi connectivity index (χ2n) is 6.04. The summed E-state index contributed by atoms with van der Waals surface area (Å²) in [6.45, 7) is 0.497. The van der Waals surface area contributed by atoms with Crippen LogP contribution < -0.4 is 14.8 Å². The van der Waals surface area contributed by atoms with Gasteiger partial charge in [-0.25, -0.2) is 0 Å². The molecule has 0 spiro atoms. The highest BCUT2D eigenvalue weighted by Gasteiger charge is 2.33. The molecule has 2 N–H and O–H groups in total. The minimum Gasteiger partial charge on any atom is -0.493 e. The highest BCUT2D eigenvalue weighted by molar-refractivity contribution is 7.99. The molecule has 3 rings (SSSR count). The smallest absolute Gasteiger partial charge is 0.307 e. The van der Waals surface area contributed by atoms with Gasteiger partial charge in [0, 0.05) is 18.2 Å². The molecule has 0 amide bonds. The van der Waals surface area contributed by atoms with Crippen LogP contribution in [0.25, 0.3) is 0 Å². The van der Waals surface area contributed by atoms with E-state index in [0.29, 0.717) is 13.0 Å². The fourth-order valence-electron chi connectivity index (χ4n) is 3.22. The summed E-state index contributed by atoms with van der Waals surface area (Å²) in [7, 11) is 1.64. The fraction of sp³-hybridized carbons (Fsp3) is 0.588. The monoisotopic (exact) mass is 337 g/mol. The van der Waals surface area contributed by atoms with E-state index in [1.807, 2.05) is 30.0 Å². The Balaban J connectivity index is 1.83. The molecule has 23 heavy (non-hydrogen) atoms. The molecule has 5 nitrogen and oxygen atoms in total. The van der Waals surface area contributed by atoms with Gasteiger partial charge >= 0.3 is 5.97 Å². The van der Waals surface area contributed by atoms with Gasteiger partial charge in [-0.15, -0.1) is 0 Å². The first-order chi connectivity index (χ1) is 11.2. The molecule has 2 aliphatic heterocycles. The van der Waals surface area contributed by atoms with E-state index in [9.17, 15) is 9.90 Å². The number of carbonyl (C=O) groups is 1. The molecule has 2 heterocycles. The molecule has 2 saturated heterocycles. The van der Waals surface area contributed by atoms with Gasteiger partial charge in [0.15, 0.2) is 11.5 Å². The maximum Gasteiger partial charge on any atom is 0.307 e. The maximum atomic E-state index is 11.2. The van der Waals surface area contributed by atoms with Crippen LogP contribution in [0.4, 0.5) is 0 Å². The van der Waals surface area contributed by atoms with E-state index < -0.39 is 5.97 Å². The molecular formula is C17H23NO4S. The zero-order valence-electron chi connectivity index (χ0n) is 13.3. The molecule has 0 aliphatic carbocycles. The van der Waals surface area contributed by atoms with Crippen molar-refractivity contribution < 1.29 is 19.4 Å². The predicted octanol–water partition coefficient (Wildman–Crippen LogP) is 2.70. The molecule has 2 aliphatic rings. The molecule has 0 bridgehead atoms. The van der Waals surface area contributed by atoms with Gasteiger partial charge in [-0.2, -0.15) is 11.8 Å². The van der Waals surface area contributed by atoms with Gasteiger partial charge in [0.1, 0.15) is 6.10 Å². The van der Waals surface area contributed by atoms with Crippen molar-refractivity contribution in [2.45, 2.75) is 31.4 Å². The van der Waals surface area contributed by atoms with Crippen LogP contribution >= 0.6 is 11.8 Å². The Morgan fingerprint density at radius 1 is 1.35 bits per heavy atom. The highest BCUT2D eigenvalue weighted by Crippen LogP contribution is 2.40. The standard InChI is InChI=1S/C17H23NO4S/c1-21-15-4-2-3-13(14-9-11(10-18-14)17(19)20)16(15)22-12-5-7-23-8-6-12/h2-4,11-12,14,18H,5-10H2,1H3,(H,19,20). The second kappa shape index (κ2) is 7.45. The van der Waals surface area contributed by atoms with E-state index in [-0.39, 0.29) is 18.1 Å². The fourth-order valence-corrected chi connectivity index (χ4v) is 4.28. The maximum absolute atomic E-state index is 11.2. The number of carboxylic acid groups (broad SMARTS) is 1. The van der Waals surface area contributed by atoms with Crippen LogP contribution in [0.15, 0.2) is 18.2 Å². The number of ether oxygens (including phenoxy) is 2. The van der Waals surface area contributed by atoms with E-state index in [0.717, 1.165) is 41.4 Å². The van der Waals surface area contributed by atoms with Gasteiger partial charge in [-0.3, -0.25) is 4.79 Å². The van der Waals surface area contributed by atoms with Crippen molar-refractivity contribution in [3.05, 3.63) is 23.8 Å². The van der Waals surface area contributed by atoms with Crippen LogP contribution in [-0.4, -0.2) is 42.3 Å². The average molecular weight is 337 g/mol. The van der Waals surface area contributed by atoms with Crippen molar-refractivity contribution >= 4 is 17.7 Å². The Hall–Kier alpha value is -1.40. The van der Waals surface area contributed by atoms with Crippen LogP contribution in [-0.2, 0) is 4.79 Å². The minimum atomic E-state index is -0.741. The molecule has 2 atom stereocenters. The first-order valence-corrected chi connectivity index (χ1v) is 9.22. The Labute approximate surface area is 140 Å². The number of benzene rings is 1. The van der Waals surface area contributed by atoms with Crippen molar-refractivity contribution in [1.29, 1.82) is 0 Å². The van der Waals surface area contributed by atoms with E-state index >= 15 is 0 Å².